The maximum Gasteiger partial charge on any atom is 0.266 e. The van der Waals surface area contributed by atoms with E-state index in [0.717, 1.165) is 17.0 Å². The van der Waals surface area contributed by atoms with E-state index >= 15 is 0 Å². The predicted molar refractivity (Wildman–Crippen MR) is 131 cm³/mol. The fourth-order valence-electron chi connectivity index (χ4n) is 3.83. The number of methoxy groups -OCH3 is 1. The molecule has 0 aliphatic rings. The second-order valence-electron chi connectivity index (χ2n) is 7.90. The number of aryl methyl sites for hydroxylation is 1. The highest BCUT2D eigenvalue weighted by Crippen LogP contribution is 2.23. The van der Waals surface area contributed by atoms with Gasteiger partial charge in [0.05, 0.1) is 12.6 Å². The molecule has 2 amide bonds. The summed E-state index contributed by atoms with van der Waals surface area (Å²) in [5.41, 5.74) is 4.18. The van der Waals surface area contributed by atoms with E-state index in [2.05, 4.69) is 27.1 Å². The van der Waals surface area contributed by atoms with Crippen molar-refractivity contribution in [3.05, 3.63) is 82.9 Å². The van der Waals surface area contributed by atoms with Gasteiger partial charge in [-0.15, -0.1) is 0 Å². The van der Waals surface area contributed by atoms with Crippen molar-refractivity contribution in [2.24, 2.45) is 0 Å². The van der Waals surface area contributed by atoms with Crippen LogP contribution in [0.5, 0.6) is 0 Å². The Morgan fingerprint density at radius 2 is 1.82 bits per heavy atom. The number of pyridine rings is 1. The van der Waals surface area contributed by atoms with E-state index in [1.54, 1.807) is 49.6 Å². The Bertz CT molecular complexity index is 1260. The van der Waals surface area contributed by atoms with Crippen LogP contribution < -0.4 is 10.6 Å². The summed E-state index contributed by atoms with van der Waals surface area (Å²) in [6.45, 7) is 6.54. The van der Waals surface area contributed by atoms with Crippen LogP contribution in [0.2, 0.25) is 0 Å². The molecule has 0 saturated carbocycles. The highest BCUT2D eigenvalue weighted by molar-refractivity contribution is 6.10. The van der Waals surface area contributed by atoms with Crippen LogP contribution in [-0.2, 0) is 9.53 Å². The summed E-state index contributed by atoms with van der Waals surface area (Å²) in [5, 5.41) is 15.1. The lowest BCUT2D eigenvalue weighted by Crippen LogP contribution is -2.15. The third-order valence-corrected chi connectivity index (χ3v) is 5.36. The molecule has 0 aliphatic carbocycles. The Balaban J connectivity index is 1.77. The second-order valence-corrected chi connectivity index (χ2v) is 7.90. The number of rotatable bonds is 8. The Morgan fingerprint density at radius 1 is 1.15 bits per heavy atom. The third-order valence-electron chi connectivity index (χ3n) is 5.36. The molecule has 8 heteroatoms. The second kappa shape index (κ2) is 11.1. The maximum absolute atomic E-state index is 12.8. The molecule has 0 radical (unpaired) electrons. The van der Waals surface area contributed by atoms with Gasteiger partial charge in [-0.25, -0.2) is 0 Å². The average molecular weight is 458 g/mol. The van der Waals surface area contributed by atoms with Gasteiger partial charge < -0.3 is 19.9 Å². The zero-order valence-corrected chi connectivity index (χ0v) is 19.6. The van der Waals surface area contributed by atoms with Crippen LogP contribution in [0, 0.1) is 25.2 Å². The first kappa shape index (κ1) is 24.4. The molecule has 3 rings (SSSR count). The van der Waals surface area contributed by atoms with Crippen molar-refractivity contribution in [3.63, 3.8) is 0 Å². The molecule has 1 aromatic carbocycles. The normalized spacial score (nSPS) is 12.0. The van der Waals surface area contributed by atoms with Gasteiger partial charge in [-0.1, -0.05) is 6.07 Å². The molecule has 2 aromatic heterocycles. The van der Waals surface area contributed by atoms with Gasteiger partial charge in [0, 0.05) is 47.8 Å². The Morgan fingerprint density at radius 3 is 2.47 bits per heavy atom. The minimum absolute atomic E-state index is 0.0223. The summed E-state index contributed by atoms with van der Waals surface area (Å²) >= 11 is 0. The SMILES string of the molecule is COCC(C)n1c(C)cc(/C=C(\C#N)C(=O)Nc2cccc(NC(=O)c3ccncc3)c2)c1C. The number of anilines is 2. The molecule has 0 bridgehead atoms. The summed E-state index contributed by atoms with van der Waals surface area (Å²) in [5.74, 6) is -0.823. The van der Waals surface area contributed by atoms with Crippen LogP contribution in [0.3, 0.4) is 0 Å². The molecular weight excluding hydrogens is 430 g/mol. The van der Waals surface area contributed by atoms with E-state index < -0.39 is 5.91 Å². The first-order chi connectivity index (χ1) is 16.3. The lowest BCUT2D eigenvalue weighted by atomic mass is 10.1. The van der Waals surface area contributed by atoms with Gasteiger partial charge in [0.25, 0.3) is 11.8 Å². The fraction of sp³-hybridized carbons (Fsp3) is 0.231. The standard InChI is InChI=1S/C26H27N5O3/c1-17-12-21(19(3)31(17)18(2)16-34-4)13-22(15-27)26(33)30-24-7-5-6-23(14-24)29-25(32)20-8-10-28-11-9-20/h5-14,18H,16H2,1-4H3,(H,29,32)(H,30,33)/b22-13+. The number of amides is 2. The third kappa shape index (κ3) is 5.77. The quantitative estimate of drug-likeness (QED) is 0.382. The van der Waals surface area contributed by atoms with Crippen molar-refractivity contribution >= 4 is 29.3 Å². The maximum atomic E-state index is 12.8. The molecule has 3 aromatic rings. The summed E-state index contributed by atoms with van der Waals surface area (Å²) in [6, 6.07) is 14.0. The van der Waals surface area contributed by atoms with Gasteiger partial charge >= 0.3 is 0 Å². The molecule has 1 unspecified atom stereocenters. The largest absolute Gasteiger partial charge is 0.383 e. The Labute approximate surface area is 198 Å². The highest BCUT2D eigenvalue weighted by Gasteiger charge is 2.16. The van der Waals surface area contributed by atoms with Gasteiger partial charge in [0.2, 0.25) is 0 Å². The number of nitrogens with one attached hydrogen (secondary N) is 2. The van der Waals surface area contributed by atoms with E-state index in [1.165, 1.54) is 12.4 Å². The van der Waals surface area contributed by atoms with Crippen LogP contribution in [0.25, 0.3) is 6.08 Å². The van der Waals surface area contributed by atoms with Gasteiger partial charge in [-0.2, -0.15) is 5.26 Å². The zero-order chi connectivity index (χ0) is 24.7. The number of nitriles is 1. The topological polar surface area (TPSA) is 109 Å². The first-order valence-corrected chi connectivity index (χ1v) is 10.8. The van der Waals surface area contributed by atoms with Crippen LogP contribution >= 0.6 is 0 Å². The highest BCUT2D eigenvalue weighted by atomic mass is 16.5. The molecule has 8 nitrogen and oxygen atoms in total. The van der Waals surface area contributed by atoms with Crippen molar-refractivity contribution in [1.82, 2.24) is 9.55 Å². The number of ether oxygens (including phenoxy) is 1. The fourth-order valence-corrected chi connectivity index (χ4v) is 3.83. The van der Waals surface area contributed by atoms with Gasteiger partial charge in [0.1, 0.15) is 11.6 Å². The van der Waals surface area contributed by atoms with Crippen LogP contribution in [0.15, 0.2) is 60.4 Å². The minimum Gasteiger partial charge on any atom is -0.383 e. The van der Waals surface area contributed by atoms with Crippen LogP contribution in [0.4, 0.5) is 11.4 Å². The van der Waals surface area contributed by atoms with Crippen molar-refractivity contribution < 1.29 is 14.3 Å². The number of nitrogens with zero attached hydrogens (tertiary/aromatic N) is 3. The Kier molecular flexibility index (Phi) is 7.96. The molecule has 0 spiro atoms. The molecule has 0 fully saturated rings. The number of hydrogen-bond donors (Lipinski definition) is 2. The lowest BCUT2D eigenvalue weighted by molar-refractivity contribution is -0.112. The number of aromatic nitrogens is 2. The zero-order valence-electron chi connectivity index (χ0n) is 19.6. The van der Waals surface area contributed by atoms with E-state index in [-0.39, 0.29) is 17.5 Å². The van der Waals surface area contributed by atoms with Crippen molar-refractivity contribution in [2.45, 2.75) is 26.8 Å². The van der Waals surface area contributed by atoms with Gasteiger partial charge in [-0.3, -0.25) is 14.6 Å². The summed E-state index contributed by atoms with van der Waals surface area (Å²) < 4.78 is 7.38. The predicted octanol–water partition coefficient (Wildman–Crippen LogP) is 4.51. The lowest BCUT2D eigenvalue weighted by Gasteiger charge is -2.17. The molecule has 1 atom stereocenters. The van der Waals surface area contributed by atoms with Crippen molar-refractivity contribution in [3.8, 4) is 6.07 Å². The summed E-state index contributed by atoms with van der Waals surface area (Å²) in [6.07, 6.45) is 4.66. The number of benzene rings is 1. The average Bonchev–Trinajstić information content (AvgIpc) is 3.10. The molecule has 34 heavy (non-hydrogen) atoms. The number of carbonyl (C=O) groups is 2. The molecular formula is C26H27N5O3. The Hall–Kier alpha value is -4.22. The number of hydrogen-bond acceptors (Lipinski definition) is 5. The van der Waals surface area contributed by atoms with Crippen LogP contribution in [-0.4, -0.2) is 35.1 Å². The molecule has 2 heterocycles. The smallest absolute Gasteiger partial charge is 0.266 e. The summed E-state index contributed by atoms with van der Waals surface area (Å²) in [7, 11) is 1.66. The number of carbonyl (C=O) groups excluding carboxylic acids is 2. The van der Waals surface area contributed by atoms with Gasteiger partial charge in [-0.05, 0) is 68.8 Å². The van der Waals surface area contributed by atoms with E-state index in [9.17, 15) is 14.9 Å². The van der Waals surface area contributed by atoms with E-state index in [0.29, 0.717) is 23.5 Å². The van der Waals surface area contributed by atoms with E-state index in [1.807, 2.05) is 26.0 Å². The van der Waals surface area contributed by atoms with Crippen molar-refractivity contribution in [1.29, 1.82) is 5.26 Å². The molecule has 174 valence electrons. The first-order valence-electron chi connectivity index (χ1n) is 10.8. The minimum atomic E-state index is -0.533. The van der Waals surface area contributed by atoms with Crippen molar-refractivity contribution in [2.75, 3.05) is 24.4 Å². The molecule has 2 N–H and O–H groups in total. The van der Waals surface area contributed by atoms with Crippen LogP contribution in [0.1, 0.15) is 40.3 Å². The van der Waals surface area contributed by atoms with E-state index in [4.69, 9.17) is 4.74 Å². The molecule has 0 aliphatic heterocycles. The summed E-state index contributed by atoms with van der Waals surface area (Å²) in [4.78, 5) is 29.1. The van der Waals surface area contributed by atoms with Gasteiger partial charge in [0.15, 0.2) is 0 Å². The molecule has 0 saturated heterocycles. The monoisotopic (exact) mass is 457 g/mol.